The monoisotopic (exact) mass is 466 g/mol. The number of nitrogens with one attached hydrogen (secondary N) is 1. The van der Waals surface area contributed by atoms with Crippen molar-refractivity contribution in [2.24, 2.45) is 0 Å². The Labute approximate surface area is 196 Å². The number of carbonyl (C=O) groups excluding carboxylic acids is 1. The summed E-state index contributed by atoms with van der Waals surface area (Å²) >= 11 is 6.19. The van der Waals surface area contributed by atoms with Crippen LogP contribution in [0.5, 0.6) is 5.75 Å². The number of nitriles is 1. The summed E-state index contributed by atoms with van der Waals surface area (Å²) in [7, 11) is 1.47. The van der Waals surface area contributed by atoms with Crippen LogP contribution in [0.4, 0.5) is 5.69 Å². The van der Waals surface area contributed by atoms with E-state index < -0.39 is 5.91 Å². The molecule has 0 spiro atoms. The third kappa shape index (κ3) is 4.18. The van der Waals surface area contributed by atoms with Gasteiger partial charge in [-0.1, -0.05) is 11.6 Å². The summed E-state index contributed by atoms with van der Waals surface area (Å²) < 4.78 is 5.14. The number of carbonyl (C=O) groups is 1. The second-order valence-corrected chi connectivity index (χ2v) is 8.45. The molecule has 33 heavy (non-hydrogen) atoms. The number of halogens is 1. The number of amides is 1. The van der Waals surface area contributed by atoms with E-state index in [1.165, 1.54) is 32.2 Å². The molecule has 0 saturated carbocycles. The van der Waals surface area contributed by atoms with Crippen LogP contribution in [-0.2, 0) is 23.7 Å². The highest BCUT2D eigenvalue weighted by molar-refractivity contribution is 6.32. The molecular weight excluding hydrogens is 444 g/mol. The summed E-state index contributed by atoms with van der Waals surface area (Å²) in [5, 5.41) is 35.2. The molecule has 0 fully saturated rings. The molecule has 2 aromatic carbocycles. The van der Waals surface area contributed by atoms with E-state index in [-0.39, 0.29) is 23.0 Å². The first kappa shape index (κ1) is 22.8. The Balaban J connectivity index is 1.90. The molecule has 1 aromatic heterocycles. The van der Waals surface area contributed by atoms with Gasteiger partial charge in [-0.25, -0.2) is 0 Å². The third-order valence-corrected chi connectivity index (χ3v) is 6.20. The molecule has 2 heterocycles. The van der Waals surface area contributed by atoms with Crippen LogP contribution in [0.3, 0.4) is 0 Å². The zero-order valence-corrected chi connectivity index (χ0v) is 19.2. The van der Waals surface area contributed by atoms with Crippen molar-refractivity contribution in [3.05, 3.63) is 63.3 Å². The highest BCUT2D eigenvalue weighted by Gasteiger charge is 2.32. The minimum atomic E-state index is -2.51. The largest absolute Gasteiger partial charge is 0.495 e. The Morgan fingerprint density at radius 1 is 1.33 bits per heavy atom. The second kappa shape index (κ2) is 8.52. The van der Waals surface area contributed by atoms with Gasteiger partial charge in [-0.2, -0.15) is 5.26 Å². The Kier molecular flexibility index (Phi) is 5.89. The highest BCUT2D eigenvalue weighted by Crippen LogP contribution is 2.37. The molecular formula is C24H23ClN4O4. The van der Waals surface area contributed by atoms with Crippen LogP contribution < -0.4 is 10.1 Å². The van der Waals surface area contributed by atoms with Crippen LogP contribution in [-0.4, -0.2) is 39.7 Å². The van der Waals surface area contributed by atoms with Crippen molar-refractivity contribution < 1.29 is 19.7 Å². The number of benzene rings is 2. The van der Waals surface area contributed by atoms with Gasteiger partial charge < -0.3 is 25.2 Å². The predicted molar refractivity (Wildman–Crippen MR) is 124 cm³/mol. The molecule has 0 saturated heterocycles. The molecule has 9 heteroatoms. The lowest BCUT2D eigenvalue weighted by atomic mass is 9.96. The lowest BCUT2D eigenvalue weighted by Gasteiger charge is -2.32. The summed E-state index contributed by atoms with van der Waals surface area (Å²) in [6.07, 6.45) is 0.525. The Hall–Kier alpha value is -3.38. The number of aliphatic hydroxyl groups is 2. The van der Waals surface area contributed by atoms with Crippen LogP contribution in [0.15, 0.2) is 30.3 Å². The number of pyridine rings is 1. The lowest BCUT2D eigenvalue weighted by molar-refractivity contribution is -0.143. The first-order valence-electron chi connectivity index (χ1n) is 10.3. The average molecular weight is 467 g/mol. The van der Waals surface area contributed by atoms with Gasteiger partial charge in [0.15, 0.2) is 0 Å². The van der Waals surface area contributed by atoms with E-state index in [9.17, 15) is 20.3 Å². The van der Waals surface area contributed by atoms with Crippen LogP contribution in [0.25, 0.3) is 10.9 Å². The standard InChI is InChI=1S/C24H23ClN4O4/c1-13-8-21-17(9-15(13)11-26)23(18-12-29(14(2)30)7-6-20(18)27-21)28-24(31,32)16-4-5-22(33-3)19(25)10-16/h4-5,8-10,31-32H,6-7,12H2,1-3H3,(H,27,28). The third-order valence-electron chi connectivity index (χ3n) is 5.90. The molecule has 1 aliphatic rings. The van der Waals surface area contributed by atoms with Crippen molar-refractivity contribution in [1.82, 2.24) is 9.88 Å². The fourth-order valence-electron chi connectivity index (χ4n) is 4.05. The minimum Gasteiger partial charge on any atom is -0.495 e. The number of nitrogens with zero attached hydrogens (tertiary/aromatic N) is 3. The molecule has 0 bridgehead atoms. The number of aromatic nitrogens is 1. The molecule has 1 amide bonds. The zero-order chi connectivity index (χ0) is 23.9. The second-order valence-electron chi connectivity index (χ2n) is 8.05. The lowest BCUT2D eigenvalue weighted by Crippen LogP contribution is -2.38. The number of fused-ring (bicyclic) bond motifs is 2. The number of methoxy groups -OCH3 is 1. The van der Waals surface area contributed by atoms with Crippen LogP contribution in [0.2, 0.25) is 5.02 Å². The van der Waals surface area contributed by atoms with Gasteiger partial charge in [0.25, 0.3) is 5.91 Å². The first-order valence-corrected chi connectivity index (χ1v) is 10.7. The summed E-state index contributed by atoms with van der Waals surface area (Å²) in [5.41, 5.74) is 3.76. The topological polar surface area (TPSA) is 119 Å². The number of hydrogen-bond acceptors (Lipinski definition) is 7. The van der Waals surface area contributed by atoms with Gasteiger partial charge in [0.1, 0.15) is 5.75 Å². The van der Waals surface area contributed by atoms with E-state index in [1.54, 1.807) is 17.0 Å². The first-order chi connectivity index (χ1) is 15.6. The van der Waals surface area contributed by atoms with Gasteiger partial charge in [-0.05, 0) is 42.8 Å². The molecule has 4 rings (SSSR count). The molecule has 3 aromatic rings. The quantitative estimate of drug-likeness (QED) is 0.505. The summed E-state index contributed by atoms with van der Waals surface area (Å²) in [6, 6.07) is 10.1. The molecule has 3 N–H and O–H groups in total. The maximum Gasteiger partial charge on any atom is 0.272 e. The maximum absolute atomic E-state index is 12.0. The smallest absolute Gasteiger partial charge is 0.272 e. The van der Waals surface area contributed by atoms with Gasteiger partial charge >= 0.3 is 0 Å². The molecule has 0 aliphatic carbocycles. The van der Waals surface area contributed by atoms with Crippen LogP contribution in [0, 0.1) is 18.3 Å². The van der Waals surface area contributed by atoms with E-state index in [0.29, 0.717) is 46.4 Å². The maximum atomic E-state index is 12.0. The van der Waals surface area contributed by atoms with Crippen molar-refractivity contribution in [1.29, 1.82) is 5.26 Å². The fourth-order valence-corrected chi connectivity index (χ4v) is 4.31. The predicted octanol–water partition coefficient (Wildman–Crippen LogP) is 3.19. The number of hydrogen-bond donors (Lipinski definition) is 3. The van der Waals surface area contributed by atoms with Crippen molar-refractivity contribution in [3.63, 3.8) is 0 Å². The van der Waals surface area contributed by atoms with Gasteiger partial charge in [0.05, 0.1) is 35.0 Å². The van der Waals surface area contributed by atoms with E-state index in [2.05, 4.69) is 11.4 Å². The Bertz CT molecular complexity index is 1320. The van der Waals surface area contributed by atoms with Crippen molar-refractivity contribution in [2.75, 3.05) is 19.0 Å². The van der Waals surface area contributed by atoms with E-state index in [0.717, 1.165) is 11.3 Å². The number of aryl methyl sites for hydroxylation is 1. The molecule has 0 radical (unpaired) electrons. The van der Waals surface area contributed by atoms with Crippen molar-refractivity contribution in [3.8, 4) is 11.8 Å². The van der Waals surface area contributed by atoms with Crippen molar-refractivity contribution >= 4 is 34.1 Å². The van der Waals surface area contributed by atoms with Crippen molar-refractivity contribution in [2.45, 2.75) is 32.7 Å². The molecule has 8 nitrogen and oxygen atoms in total. The summed E-state index contributed by atoms with van der Waals surface area (Å²) in [5.74, 6) is -2.20. The van der Waals surface area contributed by atoms with E-state index >= 15 is 0 Å². The van der Waals surface area contributed by atoms with Gasteiger partial charge in [0.2, 0.25) is 5.91 Å². The summed E-state index contributed by atoms with van der Waals surface area (Å²) in [4.78, 5) is 18.5. The van der Waals surface area contributed by atoms with E-state index in [4.69, 9.17) is 21.3 Å². The van der Waals surface area contributed by atoms with E-state index in [1.807, 2.05) is 6.92 Å². The van der Waals surface area contributed by atoms with Crippen LogP contribution in [0.1, 0.15) is 34.9 Å². The average Bonchev–Trinajstić information content (AvgIpc) is 2.78. The number of anilines is 1. The molecule has 0 atom stereocenters. The Morgan fingerprint density at radius 2 is 2.09 bits per heavy atom. The molecule has 170 valence electrons. The molecule has 0 unspecified atom stereocenters. The SMILES string of the molecule is COc1ccc(C(O)(O)Nc2c3c(nc4cc(C)c(C#N)cc24)CCN(C(C)=O)C3)cc1Cl. The zero-order valence-electron chi connectivity index (χ0n) is 18.4. The summed E-state index contributed by atoms with van der Waals surface area (Å²) in [6.45, 7) is 4.09. The van der Waals surface area contributed by atoms with Crippen LogP contribution >= 0.6 is 11.6 Å². The minimum absolute atomic E-state index is 0.0884. The van der Waals surface area contributed by atoms with Gasteiger partial charge in [-0.15, -0.1) is 0 Å². The van der Waals surface area contributed by atoms with Gasteiger partial charge in [-0.3, -0.25) is 9.78 Å². The number of rotatable bonds is 4. The van der Waals surface area contributed by atoms with Gasteiger partial charge in [0, 0.05) is 48.6 Å². The highest BCUT2D eigenvalue weighted by atomic mass is 35.5. The normalized spacial score (nSPS) is 13.4. The Morgan fingerprint density at radius 3 is 2.73 bits per heavy atom. The molecule has 1 aliphatic heterocycles. The fraction of sp³-hybridized carbons (Fsp3) is 0.292. The number of ether oxygens (including phenoxy) is 1.